The Kier molecular flexibility index (Phi) is 5.10. The Morgan fingerprint density at radius 1 is 1.41 bits per heavy atom. The van der Waals surface area contributed by atoms with Crippen molar-refractivity contribution in [2.45, 2.75) is 5.03 Å². The lowest BCUT2D eigenvalue weighted by molar-refractivity contribution is 0.0908. The van der Waals surface area contributed by atoms with E-state index in [4.69, 9.17) is 4.74 Å². The molecule has 2 heterocycles. The van der Waals surface area contributed by atoms with Crippen molar-refractivity contribution >= 4 is 40.9 Å². The molecule has 0 spiro atoms. The van der Waals surface area contributed by atoms with E-state index in [9.17, 15) is 4.79 Å². The van der Waals surface area contributed by atoms with Gasteiger partial charge in [0.2, 0.25) is 0 Å². The van der Waals surface area contributed by atoms with Crippen LogP contribution >= 0.6 is 24.2 Å². The summed E-state index contributed by atoms with van der Waals surface area (Å²) < 4.78 is 7.60. The number of ketones is 1. The zero-order chi connectivity index (χ0) is 15.1. The maximum atomic E-state index is 12.9. The van der Waals surface area contributed by atoms with Crippen LogP contribution in [0.2, 0.25) is 0 Å². The van der Waals surface area contributed by atoms with Crippen molar-refractivity contribution in [1.82, 2.24) is 9.47 Å². The number of thioether (sulfide) groups is 1. The molecule has 3 rings (SSSR count). The first-order valence-electron chi connectivity index (χ1n) is 7.01. The summed E-state index contributed by atoms with van der Waals surface area (Å²) in [5.41, 5.74) is 1.90. The molecule has 0 N–H and O–H groups in total. The van der Waals surface area contributed by atoms with E-state index in [0.717, 1.165) is 39.5 Å². The van der Waals surface area contributed by atoms with Crippen LogP contribution in [0, 0.1) is 5.92 Å². The van der Waals surface area contributed by atoms with E-state index in [1.165, 1.54) is 0 Å². The van der Waals surface area contributed by atoms with Gasteiger partial charge >= 0.3 is 0 Å². The number of methoxy groups -OCH3 is 1. The van der Waals surface area contributed by atoms with Crippen molar-refractivity contribution in [2.24, 2.45) is 13.0 Å². The third kappa shape index (κ3) is 2.62. The highest BCUT2D eigenvalue weighted by Gasteiger charge is 2.34. The molecule has 0 saturated carbocycles. The van der Waals surface area contributed by atoms with Crippen molar-refractivity contribution in [3.05, 3.63) is 23.8 Å². The van der Waals surface area contributed by atoms with E-state index in [1.807, 2.05) is 39.3 Å². The van der Waals surface area contributed by atoms with Gasteiger partial charge in [-0.1, -0.05) is 6.07 Å². The Balaban J connectivity index is 0.00000176. The molecule has 2 aromatic rings. The molecule has 0 aliphatic carbocycles. The fourth-order valence-corrected chi connectivity index (χ4v) is 4.29. The summed E-state index contributed by atoms with van der Waals surface area (Å²) in [7, 11) is 7.70. The molecule has 0 radical (unpaired) electrons. The van der Waals surface area contributed by atoms with Crippen LogP contribution in [0.25, 0.3) is 10.9 Å². The lowest BCUT2D eigenvalue weighted by Crippen LogP contribution is -2.32. The summed E-state index contributed by atoms with van der Waals surface area (Å²) in [6.45, 7) is 0.789. The monoisotopic (exact) mass is 340 g/mol. The molecule has 1 aromatic carbocycles. The molecule has 120 valence electrons. The number of hydrogen-bond donors (Lipinski definition) is 0. The number of aryl methyl sites for hydroxylation is 1. The van der Waals surface area contributed by atoms with E-state index in [-0.39, 0.29) is 24.1 Å². The van der Waals surface area contributed by atoms with Crippen LogP contribution in [0.3, 0.4) is 0 Å². The van der Waals surface area contributed by atoms with Gasteiger partial charge in [-0.05, 0) is 26.2 Å². The first-order valence-corrected chi connectivity index (χ1v) is 8.00. The lowest BCUT2D eigenvalue weighted by atomic mass is 9.97. The summed E-state index contributed by atoms with van der Waals surface area (Å²) >= 11 is 1.77. The molecule has 6 heteroatoms. The molecule has 0 fully saturated rings. The number of rotatable bonds is 3. The van der Waals surface area contributed by atoms with E-state index < -0.39 is 0 Å². The number of halogens is 1. The predicted molar refractivity (Wildman–Crippen MR) is 93.8 cm³/mol. The normalized spacial score (nSPS) is 17.5. The Bertz CT molecular complexity index is 712. The fourth-order valence-electron chi connectivity index (χ4n) is 3.04. The Hall–Kier alpha value is -1.17. The van der Waals surface area contributed by atoms with Gasteiger partial charge in [0.15, 0.2) is 5.78 Å². The van der Waals surface area contributed by atoms with Crippen LogP contribution in [0.15, 0.2) is 23.2 Å². The number of carbonyl (C=O) groups is 1. The summed E-state index contributed by atoms with van der Waals surface area (Å²) in [6, 6.07) is 5.94. The number of carbonyl (C=O) groups excluding carboxylic acids is 1. The van der Waals surface area contributed by atoms with Crippen LogP contribution in [0.1, 0.15) is 10.4 Å². The molecule has 1 atom stereocenters. The molecular formula is C16H21ClN2O2S. The molecular weight excluding hydrogens is 320 g/mol. The van der Waals surface area contributed by atoms with Gasteiger partial charge in [-0.3, -0.25) is 4.79 Å². The van der Waals surface area contributed by atoms with Gasteiger partial charge in [0.05, 0.1) is 28.6 Å². The molecule has 1 aliphatic heterocycles. The molecule has 0 amide bonds. The average molecular weight is 341 g/mol. The molecule has 1 aromatic heterocycles. The maximum absolute atomic E-state index is 12.9. The molecule has 4 nitrogen and oxygen atoms in total. The van der Waals surface area contributed by atoms with Gasteiger partial charge < -0.3 is 14.2 Å². The van der Waals surface area contributed by atoms with Gasteiger partial charge in [0, 0.05) is 25.3 Å². The van der Waals surface area contributed by atoms with Crippen LogP contribution in [0.4, 0.5) is 0 Å². The predicted octanol–water partition coefficient (Wildman–Crippen LogP) is 3.07. The van der Waals surface area contributed by atoms with Gasteiger partial charge in [-0.15, -0.1) is 24.2 Å². The van der Waals surface area contributed by atoms with E-state index >= 15 is 0 Å². The van der Waals surface area contributed by atoms with Crippen LogP contribution < -0.4 is 4.74 Å². The van der Waals surface area contributed by atoms with Crippen molar-refractivity contribution in [1.29, 1.82) is 0 Å². The minimum absolute atomic E-state index is 0. The highest BCUT2D eigenvalue weighted by Crippen LogP contribution is 2.42. The second-order valence-electron chi connectivity index (χ2n) is 5.73. The number of nitrogens with zero attached hydrogens (tertiary/aromatic N) is 2. The van der Waals surface area contributed by atoms with Crippen molar-refractivity contribution in [3.8, 4) is 5.75 Å². The number of ether oxygens (including phenoxy) is 1. The van der Waals surface area contributed by atoms with Gasteiger partial charge in [-0.2, -0.15) is 0 Å². The third-order valence-corrected chi connectivity index (χ3v) is 5.30. The number of aromatic nitrogens is 1. The summed E-state index contributed by atoms with van der Waals surface area (Å²) in [6.07, 6.45) is 0. The molecule has 22 heavy (non-hydrogen) atoms. The maximum Gasteiger partial charge on any atom is 0.171 e. The van der Waals surface area contributed by atoms with Gasteiger partial charge in [0.25, 0.3) is 0 Å². The number of benzene rings is 1. The minimum Gasteiger partial charge on any atom is -0.496 e. The average Bonchev–Trinajstić information content (AvgIpc) is 2.75. The summed E-state index contributed by atoms with van der Waals surface area (Å²) in [4.78, 5) is 15.0. The highest BCUT2D eigenvalue weighted by molar-refractivity contribution is 7.99. The second-order valence-corrected chi connectivity index (χ2v) is 6.74. The lowest BCUT2D eigenvalue weighted by Gasteiger charge is -2.24. The SMILES string of the molecule is COc1cccc2c1c1c(n2C)SCC(CN(C)C)C1=O.Cl. The third-order valence-electron chi connectivity index (χ3n) is 3.98. The Morgan fingerprint density at radius 3 is 2.77 bits per heavy atom. The fraction of sp³-hybridized carbons (Fsp3) is 0.438. The summed E-state index contributed by atoms with van der Waals surface area (Å²) in [5.74, 6) is 1.92. The number of Topliss-reactive ketones (excluding diaryl/α,β-unsaturated/α-hetero) is 1. The first-order chi connectivity index (χ1) is 10.0. The largest absolute Gasteiger partial charge is 0.496 e. The molecule has 0 bridgehead atoms. The molecule has 1 unspecified atom stereocenters. The van der Waals surface area contributed by atoms with Crippen LogP contribution in [-0.2, 0) is 7.05 Å². The Labute approximate surface area is 141 Å². The number of fused-ring (bicyclic) bond motifs is 3. The first kappa shape index (κ1) is 17.2. The standard InChI is InChI=1S/C16H20N2O2S.ClH/c1-17(2)8-10-9-21-16-14(15(10)19)13-11(18(16)3)6-5-7-12(13)20-4;/h5-7,10H,8-9H2,1-4H3;1H. The zero-order valence-electron chi connectivity index (χ0n) is 13.3. The molecule has 1 aliphatic rings. The van der Waals surface area contributed by atoms with E-state index in [1.54, 1.807) is 18.9 Å². The van der Waals surface area contributed by atoms with Crippen molar-refractivity contribution < 1.29 is 9.53 Å². The van der Waals surface area contributed by atoms with Crippen LogP contribution in [0.5, 0.6) is 5.75 Å². The van der Waals surface area contributed by atoms with Gasteiger partial charge in [-0.25, -0.2) is 0 Å². The van der Waals surface area contributed by atoms with Crippen LogP contribution in [-0.4, -0.2) is 48.8 Å². The smallest absolute Gasteiger partial charge is 0.171 e. The molecule has 0 saturated heterocycles. The van der Waals surface area contributed by atoms with E-state index in [0.29, 0.717) is 0 Å². The Morgan fingerprint density at radius 2 is 2.14 bits per heavy atom. The zero-order valence-corrected chi connectivity index (χ0v) is 14.9. The summed E-state index contributed by atoms with van der Waals surface area (Å²) in [5, 5.41) is 2.02. The minimum atomic E-state index is 0. The van der Waals surface area contributed by atoms with E-state index in [2.05, 4.69) is 9.47 Å². The quantitative estimate of drug-likeness (QED) is 0.860. The second kappa shape index (κ2) is 6.52. The van der Waals surface area contributed by atoms with Gasteiger partial charge in [0.1, 0.15) is 5.75 Å². The number of hydrogen-bond acceptors (Lipinski definition) is 4. The highest BCUT2D eigenvalue weighted by atomic mass is 35.5. The topological polar surface area (TPSA) is 34.5 Å². The van der Waals surface area contributed by atoms with Crippen molar-refractivity contribution in [3.63, 3.8) is 0 Å². The van der Waals surface area contributed by atoms with Crippen molar-refractivity contribution in [2.75, 3.05) is 33.5 Å².